The third kappa shape index (κ3) is 8.56. The van der Waals surface area contributed by atoms with Gasteiger partial charge < -0.3 is 35.2 Å². The second-order valence-corrected chi connectivity index (χ2v) is 8.67. The van der Waals surface area contributed by atoms with Crippen molar-refractivity contribution < 1.29 is 29.3 Å². The number of β-amino-alcohol motifs (C(OH)–C–C–N with tert-alkyl or cyclic N) is 1. The highest BCUT2D eigenvalue weighted by molar-refractivity contribution is 6.99. The number of carbonyl (C=O) groups is 2. The Morgan fingerprint density at radius 1 is 1.32 bits per heavy atom. The number of aliphatic carboxylic acids is 1. The van der Waals surface area contributed by atoms with Crippen LogP contribution >= 0.6 is 11.7 Å². The number of carboxylic acid groups (broad SMARTS) is 1. The average molecular weight is 460 g/mol. The molecule has 1 aliphatic rings. The number of amides is 2. The Morgan fingerprint density at radius 3 is 2.68 bits per heavy atom. The highest BCUT2D eigenvalue weighted by Gasteiger charge is 2.24. The molecule has 31 heavy (non-hydrogen) atoms. The Kier molecular flexibility index (Phi) is 9.88. The summed E-state index contributed by atoms with van der Waals surface area (Å²) in [6, 6.07) is -0.127. The van der Waals surface area contributed by atoms with Crippen molar-refractivity contribution in [1.82, 2.24) is 24.3 Å². The second-order valence-electron chi connectivity index (χ2n) is 8.15. The summed E-state index contributed by atoms with van der Waals surface area (Å²) in [5.41, 5.74) is 0.0756. The Hall–Kier alpha value is -2.02. The fourth-order valence-corrected chi connectivity index (χ4v) is 3.62. The fourth-order valence-electron chi connectivity index (χ4n) is 3.05. The number of morpholine rings is 1. The lowest BCUT2D eigenvalue weighted by Gasteiger charge is -2.31. The molecular weight excluding hydrogens is 426 g/mol. The standard InChI is InChI=1S/C19H33N5O6S/c1-4-13(9-15(26)27)16-17(23-31-22-16)30-11-14(25)10-21-19(2,3)12-20-18(28)24-5-7-29-8-6-24/h13-14,21,25H,4-12H2,1-3H3,(H,20,28)(H,26,27). The van der Waals surface area contributed by atoms with E-state index in [0.717, 1.165) is 11.7 Å². The van der Waals surface area contributed by atoms with Crippen LogP contribution in [0.5, 0.6) is 5.88 Å². The van der Waals surface area contributed by atoms with E-state index in [-0.39, 0.29) is 37.4 Å². The van der Waals surface area contributed by atoms with Crippen LogP contribution in [0.25, 0.3) is 0 Å². The molecule has 2 heterocycles. The summed E-state index contributed by atoms with van der Waals surface area (Å²) in [5, 5.41) is 25.5. The van der Waals surface area contributed by atoms with Crippen LogP contribution in [0.3, 0.4) is 0 Å². The topological polar surface area (TPSA) is 146 Å². The molecule has 2 rings (SSSR count). The van der Waals surface area contributed by atoms with Crippen LogP contribution in [-0.4, -0.2) is 93.5 Å². The minimum Gasteiger partial charge on any atom is -0.481 e. The highest BCUT2D eigenvalue weighted by atomic mass is 32.1. The average Bonchev–Trinajstić information content (AvgIpc) is 3.22. The number of rotatable bonds is 12. The molecule has 11 nitrogen and oxygen atoms in total. The number of hydrogen-bond donors (Lipinski definition) is 4. The van der Waals surface area contributed by atoms with E-state index < -0.39 is 17.6 Å². The molecule has 0 aromatic carbocycles. The fraction of sp³-hybridized carbons (Fsp3) is 0.789. The molecule has 1 saturated heterocycles. The minimum atomic E-state index is -0.905. The number of carboxylic acids is 1. The van der Waals surface area contributed by atoms with Gasteiger partial charge in [-0.25, -0.2) is 4.79 Å². The molecule has 0 radical (unpaired) electrons. The molecule has 1 aromatic rings. The Balaban J connectivity index is 1.75. The molecule has 2 unspecified atom stereocenters. The van der Waals surface area contributed by atoms with E-state index in [1.807, 2.05) is 20.8 Å². The number of carbonyl (C=O) groups excluding carboxylic acids is 1. The number of aromatic nitrogens is 2. The van der Waals surface area contributed by atoms with Gasteiger partial charge in [-0.3, -0.25) is 4.79 Å². The van der Waals surface area contributed by atoms with E-state index in [4.69, 9.17) is 14.6 Å². The molecule has 1 aromatic heterocycles. The molecule has 2 amide bonds. The van der Waals surface area contributed by atoms with E-state index in [2.05, 4.69) is 19.4 Å². The third-order valence-electron chi connectivity index (χ3n) is 4.99. The lowest BCUT2D eigenvalue weighted by atomic mass is 9.99. The number of nitrogens with zero attached hydrogens (tertiary/aromatic N) is 3. The van der Waals surface area contributed by atoms with Crippen LogP contribution in [0, 0.1) is 0 Å². The first-order valence-corrected chi connectivity index (χ1v) is 11.2. The van der Waals surface area contributed by atoms with Gasteiger partial charge in [0, 0.05) is 37.6 Å². The zero-order valence-electron chi connectivity index (χ0n) is 18.3. The molecule has 0 bridgehead atoms. The molecule has 0 spiro atoms. The summed E-state index contributed by atoms with van der Waals surface area (Å²) >= 11 is 0.960. The number of hydrogen-bond acceptors (Lipinski definition) is 9. The van der Waals surface area contributed by atoms with Gasteiger partial charge in [0.05, 0.1) is 31.4 Å². The first kappa shape index (κ1) is 25.2. The minimum absolute atomic E-state index is 0.00879. The second kappa shape index (κ2) is 12.1. The molecule has 0 aliphatic carbocycles. The molecule has 1 aliphatic heterocycles. The molecule has 176 valence electrons. The van der Waals surface area contributed by atoms with E-state index in [9.17, 15) is 14.7 Å². The van der Waals surface area contributed by atoms with Gasteiger partial charge in [-0.2, -0.15) is 4.37 Å². The Bertz CT molecular complexity index is 710. The van der Waals surface area contributed by atoms with Gasteiger partial charge in [0.15, 0.2) is 0 Å². The number of aliphatic hydroxyl groups excluding tert-OH is 1. The van der Waals surface area contributed by atoms with E-state index in [0.29, 0.717) is 45.0 Å². The predicted molar refractivity (Wildman–Crippen MR) is 115 cm³/mol. The van der Waals surface area contributed by atoms with Gasteiger partial charge in [-0.05, 0) is 20.3 Å². The van der Waals surface area contributed by atoms with Crippen molar-refractivity contribution in [2.45, 2.75) is 51.2 Å². The number of nitrogens with one attached hydrogen (secondary N) is 2. The third-order valence-corrected chi connectivity index (χ3v) is 5.52. The summed E-state index contributed by atoms with van der Waals surface area (Å²) in [6.45, 7) is 8.63. The zero-order chi connectivity index (χ0) is 22.9. The summed E-state index contributed by atoms with van der Waals surface area (Å²) in [7, 11) is 0. The van der Waals surface area contributed by atoms with E-state index in [1.165, 1.54) is 0 Å². The number of aliphatic hydroxyl groups is 1. The van der Waals surface area contributed by atoms with Crippen molar-refractivity contribution in [2.75, 3.05) is 46.0 Å². The number of ether oxygens (including phenoxy) is 2. The first-order chi connectivity index (χ1) is 14.7. The van der Waals surface area contributed by atoms with Crippen LogP contribution in [0.4, 0.5) is 4.79 Å². The monoisotopic (exact) mass is 459 g/mol. The maximum atomic E-state index is 12.2. The van der Waals surface area contributed by atoms with Gasteiger partial charge in [0.1, 0.15) is 18.4 Å². The lowest BCUT2D eigenvalue weighted by molar-refractivity contribution is -0.137. The smallest absolute Gasteiger partial charge is 0.317 e. The van der Waals surface area contributed by atoms with Gasteiger partial charge in [-0.1, -0.05) is 6.92 Å². The summed E-state index contributed by atoms with van der Waals surface area (Å²) in [5.74, 6) is -0.914. The molecule has 12 heteroatoms. The van der Waals surface area contributed by atoms with Crippen LogP contribution in [-0.2, 0) is 9.53 Å². The van der Waals surface area contributed by atoms with Crippen molar-refractivity contribution in [3.8, 4) is 5.88 Å². The molecule has 4 N–H and O–H groups in total. The molecule has 2 atom stereocenters. The SMILES string of the molecule is CCC(CC(=O)O)c1nsnc1OCC(O)CNC(C)(C)CNC(=O)N1CCOCC1. The van der Waals surface area contributed by atoms with Gasteiger partial charge in [0.25, 0.3) is 0 Å². The Labute approximate surface area is 186 Å². The van der Waals surface area contributed by atoms with Crippen LogP contribution in [0.15, 0.2) is 0 Å². The van der Waals surface area contributed by atoms with Gasteiger partial charge >= 0.3 is 12.0 Å². The van der Waals surface area contributed by atoms with Crippen LogP contribution in [0.2, 0.25) is 0 Å². The van der Waals surface area contributed by atoms with E-state index >= 15 is 0 Å². The van der Waals surface area contributed by atoms with Crippen LogP contribution < -0.4 is 15.4 Å². The molecule has 1 fully saturated rings. The maximum absolute atomic E-state index is 12.2. The number of urea groups is 1. The molecule has 0 saturated carbocycles. The Morgan fingerprint density at radius 2 is 2.03 bits per heavy atom. The zero-order valence-corrected chi connectivity index (χ0v) is 19.1. The summed E-state index contributed by atoms with van der Waals surface area (Å²) in [4.78, 5) is 25.0. The van der Waals surface area contributed by atoms with Crippen molar-refractivity contribution in [2.24, 2.45) is 0 Å². The lowest BCUT2D eigenvalue weighted by Crippen LogP contribution is -2.54. The quantitative estimate of drug-likeness (QED) is 0.354. The van der Waals surface area contributed by atoms with Crippen LogP contribution in [0.1, 0.15) is 45.2 Å². The van der Waals surface area contributed by atoms with Crippen molar-refractivity contribution >= 4 is 23.7 Å². The summed E-state index contributed by atoms with van der Waals surface area (Å²) < 4.78 is 19.1. The normalized spacial score (nSPS) is 16.6. The summed E-state index contributed by atoms with van der Waals surface area (Å²) in [6.07, 6.45) is -0.265. The largest absolute Gasteiger partial charge is 0.481 e. The van der Waals surface area contributed by atoms with Crippen molar-refractivity contribution in [3.05, 3.63) is 5.69 Å². The molecular formula is C19H33N5O6S. The van der Waals surface area contributed by atoms with Crippen molar-refractivity contribution in [3.63, 3.8) is 0 Å². The highest BCUT2D eigenvalue weighted by Crippen LogP contribution is 2.29. The van der Waals surface area contributed by atoms with Gasteiger partial charge in [-0.15, -0.1) is 4.37 Å². The first-order valence-electron chi connectivity index (χ1n) is 10.4. The van der Waals surface area contributed by atoms with Crippen molar-refractivity contribution in [1.29, 1.82) is 0 Å². The predicted octanol–water partition coefficient (Wildman–Crippen LogP) is 0.656. The van der Waals surface area contributed by atoms with Gasteiger partial charge in [0.2, 0.25) is 5.88 Å². The maximum Gasteiger partial charge on any atom is 0.317 e. The van der Waals surface area contributed by atoms with E-state index in [1.54, 1.807) is 4.90 Å².